The molecule has 0 aliphatic rings. The minimum Gasteiger partial charge on any atom is -0.381 e. The van der Waals surface area contributed by atoms with Gasteiger partial charge in [-0.1, -0.05) is 72.8 Å². The summed E-state index contributed by atoms with van der Waals surface area (Å²) in [5.41, 5.74) is 12.6. The summed E-state index contributed by atoms with van der Waals surface area (Å²) >= 11 is 8.15. The molecule has 0 unspecified atom stereocenters. The zero-order valence-corrected chi connectivity index (χ0v) is 20.1. The lowest BCUT2D eigenvalue weighted by atomic mass is 10.0. The van der Waals surface area contributed by atoms with Gasteiger partial charge in [0.25, 0.3) is 0 Å². The van der Waals surface area contributed by atoms with Crippen molar-refractivity contribution in [3.8, 4) is 22.5 Å². The van der Waals surface area contributed by atoms with E-state index in [4.69, 9.17) is 27.3 Å². The molecule has 0 saturated heterocycles. The number of benzene rings is 2. The van der Waals surface area contributed by atoms with Crippen molar-refractivity contribution in [1.29, 1.82) is 0 Å². The van der Waals surface area contributed by atoms with Crippen LogP contribution in [0.4, 0.5) is 5.82 Å². The third kappa shape index (κ3) is 4.60. The SMILES string of the molecule is CCc1ccc(CSc2nc(-c3cc(Cl)c4ncccc4c3)c(-c3ccccc3)nc2N)cn1. The van der Waals surface area contributed by atoms with E-state index >= 15 is 0 Å². The lowest BCUT2D eigenvalue weighted by Gasteiger charge is -2.14. The van der Waals surface area contributed by atoms with Gasteiger partial charge in [-0.05, 0) is 36.2 Å². The van der Waals surface area contributed by atoms with Crippen LogP contribution in [0.5, 0.6) is 0 Å². The molecule has 168 valence electrons. The monoisotopic (exact) mass is 483 g/mol. The van der Waals surface area contributed by atoms with Crippen LogP contribution in [0.3, 0.4) is 0 Å². The number of hydrogen-bond acceptors (Lipinski definition) is 6. The smallest absolute Gasteiger partial charge is 0.156 e. The molecule has 34 heavy (non-hydrogen) atoms. The highest BCUT2D eigenvalue weighted by Gasteiger charge is 2.17. The fourth-order valence-electron chi connectivity index (χ4n) is 3.72. The maximum absolute atomic E-state index is 6.60. The number of anilines is 1. The topological polar surface area (TPSA) is 77.6 Å². The quantitative estimate of drug-likeness (QED) is 0.266. The Morgan fingerprint density at radius 3 is 2.47 bits per heavy atom. The van der Waals surface area contributed by atoms with E-state index in [1.165, 1.54) is 0 Å². The van der Waals surface area contributed by atoms with Crippen molar-refractivity contribution in [1.82, 2.24) is 19.9 Å². The van der Waals surface area contributed by atoms with Crippen LogP contribution in [0, 0.1) is 0 Å². The van der Waals surface area contributed by atoms with Crippen LogP contribution in [0.2, 0.25) is 5.02 Å². The normalized spacial score (nSPS) is 11.1. The highest BCUT2D eigenvalue weighted by atomic mass is 35.5. The van der Waals surface area contributed by atoms with Crippen molar-refractivity contribution < 1.29 is 0 Å². The van der Waals surface area contributed by atoms with Gasteiger partial charge in [-0.2, -0.15) is 0 Å². The molecular weight excluding hydrogens is 462 g/mol. The summed E-state index contributed by atoms with van der Waals surface area (Å²) in [4.78, 5) is 18.7. The summed E-state index contributed by atoms with van der Waals surface area (Å²) in [5, 5.41) is 2.19. The molecule has 0 radical (unpaired) electrons. The van der Waals surface area contributed by atoms with Gasteiger partial charge >= 0.3 is 0 Å². The number of thioether (sulfide) groups is 1. The summed E-state index contributed by atoms with van der Waals surface area (Å²) in [7, 11) is 0. The highest BCUT2D eigenvalue weighted by Crippen LogP contribution is 2.37. The van der Waals surface area contributed by atoms with E-state index in [0.29, 0.717) is 21.6 Å². The third-order valence-electron chi connectivity index (χ3n) is 5.49. The van der Waals surface area contributed by atoms with E-state index in [1.54, 1.807) is 18.0 Å². The summed E-state index contributed by atoms with van der Waals surface area (Å²) in [5.74, 6) is 1.10. The van der Waals surface area contributed by atoms with Crippen molar-refractivity contribution in [2.75, 3.05) is 5.73 Å². The molecule has 5 nitrogen and oxygen atoms in total. The van der Waals surface area contributed by atoms with Crippen LogP contribution in [-0.2, 0) is 12.2 Å². The summed E-state index contributed by atoms with van der Waals surface area (Å²) in [6, 6.07) is 21.9. The van der Waals surface area contributed by atoms with E-state index in [1.807, 2.05) is 60.8 Å². The zero-order chi connectivity index (χ0) is 23.5. The second kappa shape index (κ2) is 9.79. The van der Waals surface area contributed by atoms with Crippen LogP contribution >= 0.6 is 23.4 Å². The number of nitrogen functional groups attached to an aromatic ring is 1. The van der Waals surface area contributed by atoms with E-state index in [-0.39, 0.29) is 0 Å². The number of nitrogens with two attached hydrogens (primary N) is 1. The second-order valence-corrected chi connectivity index (χ2v) is 9.18. The molecular formula is C27H22ClN5S. The van der Waals surface area contributed by atoms with Crippen molar-refractivity contribution in [3.63, 3.8) is 0 Å². The molecule has 0 amide bonds. The van der Waals surface area contributed by atoms with Crippen molar-refractivity contribution in [2.45, 2.75) is 24.1 Å². The maximum Gasteiger partial charge on any atom is 0.156 e. The molecule has 3 heterocycles. The Kier molecular flexibility index (Phi) is 6.43. The molecule has 0 saturated carbocycles. The van der Waals surface area contributed by atoms with Crippen molar-refractivity contribution in [3.05, 3.63) is 95.4 Å². The van der Waals surface area contributed by atoms with Gasteiger partial charge in [0.05, 0.1) is 21.9 Å². The molecule has 0 aliphatic heterocycles. The Balaban J connectivity index is 1.59. The number of hydrogen-bond donors (Lipinski definition) is 1. The van der Waals surface area contributed by atoms with Gasteiger partial charge in [0.1, 0.15) is 5.03 Å². The molecule has 0 bridgehead atoms. The van der Waals surface area contributed by atoms with Crippen LogP contribution in [0.25, 0.3) is 33.4 Å². The summed E-state index contributed by atoms with van der Waals surface area (Å²) in [6.45, 7) is 2.10. The van der Waals surface area contributed by atoms with Crippen LogP contribution in [0.1, 0.15) is 18.2 Å². The molecule has 5 rings (SSSR count). The van der Waals surface area contributed by atoms with Gasteiger partial charge in [-0.25, -0.2) is 9.97 Å². The molecule has 0 fully saturated rings. The van der Waals surface area contributed by atoms with E-state index in [2.05, 4.69) is 29.0 Å². The van der Waals surface area contributed by atoms with E-state index in [9.17, 15) is 0 Å². The van der Waals surface area contributed by atoms with Crippen molar-refractivity contribution in [2.24, 2.45) is 0 Å². The number of aromatic nitrogens is 4. The molecule has 7 heteroatoms. The Morgan fingerprint density at radius 2 is 1.71 bits per heavy atom. The maximum atomic E-state index is 6.60. The predicted molar refractivity (Wildman–Crippen MR) is 141 cm³/mol. The predicted octanol–water partition coefficient (Wildman–Crippen LogP) is 6.84. The van der Waals surface area contributed by atoms with Gasteiger partial charge < -0.3 is 5.73 Å². The number of rotatable bonds is 6. The first-order valence-electron chi connectivity index (χ1n) is 11.0. The Labute approximate surface area is 207 Å². The van der Waals surface area contributed by atoms with Gasteiger partial charge in [0.2, 0.25) is 0 Å². The fourth-order valence-corrected chi connectivity index (χ4v) is 4.82. The number of aryl methyl sites for hydroxylation is 1. The molecule has 0 atom stereocenters. The standard InChI is InChI=1S/C27H22ClN5S/c1-2-21-11-10-17(15-31-21)16-34-27-26(29)32-24(18-7-4-3-5-8-18)25(33-27)20-13-19-9-6-12-30-23(19)22(28)14-20/h3-15H,2,16H2,1H3,(H2,29,32). The zero-order valence-electron chi connectivity index (χ0n) is 18.6. The summed E-state index contributed by atoms with van der Waals surface area (Å²) < 4.78 is 0. The molecule has 0 aliphatic carbocycles. The van der Waals surface area contributed by atoms with Crippen molar-refractivity contribution >= 4 is 40.1 Å². The average Bonchev–Trinajstić information content (AvgIpc) is 2.88. The fraction of sp³-hybridized carbons (Fsp3) is 0.111. The Bertz CT molecular complexity index is 1460. The first-order chi connectivity index (χ1) is 16.6. The number of nitrogens with zero attached hydrogens (tertiary/aromatic N) is 4. The van der Waals surface area contributed by atoms with Crippen LogP contribution in [-0.4, -0.2) is 19.9 Å². The second-order valence-electron chi connectivity index (χ2n) is 7.81. The molecule has 0 spiro atoms. The third-order valence-corrected chi connectivity index (χ3v) is 6.83. The lowest BCUT2D eigenvalue weighted by molar-refractivity contribution is 1.02. The molecule has 3 aromatic heterocycles. The first kappa shape index (κ1) is 22.3. The Hall–Kier alpha value is -3.48. The minimum absolute atomic E-state index is 0.402. The minimum atomic E-state index is 0.402. The molecule has 2 N–H and O–H groups in total. The van der Waals surface area contributed by atoms with Crippen LogP contribution in [0.15, 0.2) is 84.1 Å². The Morgan fingerprint density at radius 1 is 0.882 bits per heavy atom. The molecule has 5 aromatic rings. The number of halogens is 1. The molecule has 2 aromatic carbocycles. The van der Waals surface area contributed by atoms with Gasteiger partial charge in [-0.15, -0.1) is 0 Å². The van der Waals surface area contributed by atoms with Crippen LogP contribution < -0.4 is 5.73 Å². The van der Waals surface area contributed by atoms with Gasteiger partial charge in [0, 0.05) is 40.4 Å². The summed E-state index contributed by atoms with van der Waals surface area (Å²) in [6.07, 6.45) is 4.56. The van der Waals surface area contributed by atoms with E-state index < -0.39 is 0 Å². The highest BCUT2D eigenvalue weighted by molar-refractivity contribution is 7.98. The lowest BCUT2D eigenvalue weighted by Crippen LogP contribution is -2.02. The van der Waals surface area contributed by atoms with Gasteiger partial charge in [-0.3, -0.25) is 9.97 Å². The van der Waals surface area contributed by atoms with E-state index in [0.717, 1.165) is 51.1 Å². The number of pyridine rings is 2. The first-order valence-corrected chi connectivity index (χ1v) is 12.3. The number of fused-ring (bicyclic) bond motifs is 1. The largest absolute Gasteiger partial charge is 0.381 e. The van der Waals surface area contributed by atoms with Gasteiger partial charge in [0.15, 0.2) is 5.82 Å². The average molecular weight is 484 g/mol.